The molecule has 1 fully saturated rings. The number of benzene rings is 3. The van der Waals surface area contributed by atoms with E-state index >= 15 is 0 Å². The van der Waals surface area contributed by atoms with E-state index in [1.807, 2.05) is 0 Å². The molecule has 58 heavy (non-hydrogen) atoms. The minimum Gasteiger partial charge on any atom is -0.354 e. The number of rotatable bonds is 8. The molecule has 2 N–H and O–H groups in total. The molecule has 2 atom stereocenters. The fraction of sp³-hybridized carbons (Fsp3) is 0.333. The van der Waals surface area contributed by atoms with E-state index in [-0.39, 0.29) is 46.6 Å². The SMILES string of the molecule is CN(C(=O)c1cc(C(F)(F)F)cc(C(F)(F)F)c1)[C@@H](/C=C/C(=O)NC1CCCCNC1=O)Cc1ccc(Cl)c(Cl)c1.O=C(Cl)c1cc(C(F)(F)F)cc(C(F)(F)F)c1. The third-order valence-electron chi connectivity index (χ3n) is 8.22. The van der Waals surface area contributed by atoms with Gasteiger partial charge in [0.25, 0.3) is 11.1 Å². The van der Waals surface area contributed by atoms with Gasteiger partial charge in [-0.1, -0.05) is 35.3 Å². The second-order valence-electron chi connectivity index (χ2n) is 12.5. The van der Waals surface area contributed by atoms with Crippen molar-refractivity contribution in [2.75, 3.05) is 13.6 Å². The summed E-state index contributed by atoms with van der Waals surface area (Å²) >= 11 is 16.9. The molecule has 0 aromatic heterocycles. The molecule has 7 nitrogen and oxygen atoms in total. The summed E-state index contributed by atoms with van der Waals surface area (Å²) in [5.74, 6) is -2.18. The molecule has 1 unspecified atom stereocenters. The molecule has 316 valence electrons. The Kier molecular flexibility index (Phi) is 15.7. The van der Waals surface area contributed by atoms with E-state index in [4.69, 9.17) is 34.8 Å². The summed E-state index contributed by atoms with van der Waals surface area (Å²) in [7, 11) is 1.18. The van der Waals surface area contributed by atoms with Gasteiger partial charge in [0.1, 0.15) is 6.04 Å². The van der Waals surface area contributed by atoms with Gasteiger partial charge >= 0.3 is 24.7 Å². The van der Waals surface area contributed by atoms with Crippen molar-refractivity contribution in [1.29, 1.82) is 0 Å². The minimum absolute atomic E-state index is 0.0298. The van der Waals surface area contributed by atoms with Crippen LogP contribution in [0.1, 0.15) is 67.8 Å². The van der Waals surface area contributed by atoms with Crippen molar-refractivity contribution >= 4 is 57.8 Å². The van der Waals surface area contributed by atoms with Crippen LogP contribution in [0.5, 0.6) is 0 Å². The Morgan fingerprint density at radius 2 is 1.24 bits per heavy atom. The van der Waals surface area contributed by atoms with Gasteiger partial charge in [-0.2, -0.15) is 52.7 Å². The van der Waals surface area contributed by atoms with E-state index in [9.17, 15) is 71.9 Å². The minimum atomic E-state index is -5.14. The Bertz CT molecular complexity index is 1970. The van der Waals surface area contributed by atoms with Gasteiger partial charge in [-0.3, -0.25) is 19.2 Å². The molecule has 0 radical (unpaired) electrons. The molecule has 4 rings (SSSR count). The van der Waals surface area contributed by atoms with Crippen molar-refractivity contribution in [3.05, 3.63) is 116 Å². The highest BCUT2D eigenvalue weighted by molar-refractivity contribution is 6.67. The Morgan fingerprint density at radius 1 is 0.759 bits per heavy atom. The number of amides is 3. The van der Waals surface area contributed by atoms with Crippen LogP contribution in [0.2, 0.25) is 10.0 Å². The third-order valence-corrected chi connectivity index (χ3v) is 9.17. The fourth-order valence-electron chi connectivity index (χ4n) is 5.24. The third kappa shape index (κ3) is 13.8. The van der Waals surface area contributed by atoms with Crippen LogP contribution in [-0.2, 0) is 40.7 Å². The van der Waals surface area contributed by atoms with Crippen molar-refractivity contribution < 1.29 is 71.9 Å². The van der Waals surface area contributed by atoms with E-state index in [2.05, 4.69) is 10.6 Å². The monoisotopic (exact) mass is 899 g/mol. The van der Waals surface area contributed by atoms with Crippen LogP contribution >= 0.6 is 34.8 Å². The van der Waals surface area contributed by atoms with Crippen LogP contribution in [0.15, 0.2) is 66.7 Å². The first-order chi connectivity index (χ1) is 26.6. The van der Waals surface area contributed by atoms with Crippen molar-refractivity contribution in [3.63, 3.8) is 0 Å². The summed E-state index contributed by atoms with van der Waals surface area (Å²) in [6.45, 7) is 0.477. The molecule has 3 aromatic rings. The highest BCUT2D eigenvalue weighted by Gasteiger charge is 2.39. The van der Waals surface area contributed by atoms with Gasteiger partial charge in [-0.15, -0.1) is 0 Å². The molecule has 0 aliphatic carbocycles. The summed E-state index contributed by atoms with van der Waals surface area (Å²) in [5, 5.41) is 4.25. The van der Waals surface area contributed by atoms with Gasteiger partial charge in [0.2, 0.25) is 11.8 Å². The lowest BCUT2D eigenvalue weighted by Crippen LogP contribution is -2.45. The van der Waals surface area contributed by atoms with Crippen molar-refractivity contribution in [1.82, 2.24) is 15.5 Å². The number of hydrogen-bond donors (Lipinski definition) is 2. The largest absolute Gasteiger partial charge is 0.416 e. The van der Waals surface area contributed by atoms with Gasteiger partial charge in [0.05, 0.1) is 38.3 Å². The molecule has 3 amide bonds. The molecule has 1 heterocycles. The predicted octanol–water partition coefficient (Wildman–Crippen LogP) is 10.2. The Labute approximate surface area is 336 Å². The van der Waals surface area contributed by atoms with Gasteiger partial charge in [0, 0.05) is 30.8 Å². The number of hydrogen-bond acceptors (Lipinski definition) is 4. The zero-order valence-electron chi connectivity index (χ0n) is 29.3. The number of halogens is 15. The highest BCUT2D eigenvalue weighted by Crippen LogP contribution is 2.38. The lowest BCUT2D eigenvalue weighted by molar-refractivity contribution is -0.144. The van der Waals surface area contributed by atoms with Crippen LogP contribution in [0, 0.1) is 0 Å². The summed E-state index contributed by atoms with van der Waals surface area (Å²) < 4.78 is 154. The van der Waals surface area contributed by atoms with Gasteiger partial charge in [-0.05, 0) is 91.4 Å². The topological polar surface area (TPSA) is 95.6 Å². The Hall–Kier alpha value is -4.49. The van der Waals surface area contributed by atoms with Crippen LogP contribution in [0.3, 0.4) is 0 Å². The Morgan fingerprint density at radius 3 is 1.69 bits per heavy atom. The summed E-state index contributed by atoms with van der Waals surface area (Å²) in [5.41, 5.74) is -7.61. The molecule has 3 aromatic carbocycles. The lowest BCUT2D eigenvalue weighted by Gasteiger charge is -2.27. The van der Waals surface area contributed by atoms with E-state index < -0.39 is 87.2 Å². The van der Waals surface area contributed by atoms with Crippen molar-refractivity contribution in [2.45, 2.75) is 62.5 Å². The average molecular weight is 901 g/mol. The number of carbonyl (C=O) groups is 4. The Balaban J connectivity index is 0.000000442. The fourth-order valence-corrected chi connectivity index (χ4v) is 5.67. The van der Waals surface area contributed by atoms with E-state index in [0.29, 0.717) is 37.1 Å². The summed E-state index contributed by atoms with van der Waals surface area (Å²) in [6.07, 6.45) is -16.1. The molecule has 0 spiro atoms. The number of alkyl halides is 12. The number of likely N-dealkylation sites (N-methyl/N-ethyl adjacent to an activating group) is 1. The van der Waals surface area contributed by atoms with Gasteiger partial charge < -0.3 is 15.5 Å². The van der Waals surface area contributed by atoms with E-state index in [1.165, 1.54) is 25.3 Å². The number of nitrogens with zero attached hydrogens (tertiary/aromatic N) is 1. The highest BCUT2D eigenvalue weighted by atomic mass is 35.5. The van der Waals surface area contributed by atoms with Gasteiger partial charge in [-0.25, -0.2) is 0 Å². The smallest absolute Gasteiger partial charge is 0.354 e. The first kappa shape index (κ1) is 47.9. The summed E-state index contributed by atoms with van der Waals surface area (Å²) in [4.78, 5) is 49.6. The second kappa shape index (κ2) is 19.1. The maximum atomic E-state index is 13.4. The maximum Gasteiger partial charge on any atom is 0.416 e. The maximum absolute atomic E-state index is 13.4. The zero-order valence-corrected chi connectivity index (χ0v) is 31.6. The van der Waals surface area contributed by atoms with E-state index in [1.54, 1.807) is 6.07 Å². The average Bonchev–Trinajstić information content (AvgIpc) is 3.32. The molecular formula is C36H28Cl3F12N3O4. The molecule has 1 aliphatic rings. The second-order valence-corrected chi connectivity index (χ2v) is 13.7. The molecular weight excluding hydrogens is 873 g/mol. The van der Waals surface area contributed by atoms with Crippen molar-refractivity contribution in [3.8, 4) is 0 Å². The van der Waals surface area contributed by atoms with Crippen molar-refractivity contribution in [2.24, 2.45) is 0 Å². The summed E-state index contributed by atoms with van der Waals surface area (Å²) in [6, 6.07) is 3.76. The molecule has 22 heteroatoms. The molecule has 1 aliphatic heterocycles. The van der Waals surface area contributed by atoms with Crippen LogP contribution < -0.4 is 10.6 Å². The van der Waals surface area contributed by atoms with Crippen LogP contribution in [0.4, 0.5) is 52.7 Å². The zero-order chi connectivity index (χ0) is 44.0. The lowest BCUT2D eigenvalue weighted by atomic mass is 10.0. The predicted molar refractivity (Wildman–Crippen MR) is 187 cm³/mol. The first-order valence-electron chi connectivity index (χ1n) is 16.3. The molecule has 0 saturated carbocycles. The standard InChI is InChI=1S/C27H25Cl2F6N3O3.C9H3ClF6O/c1-38(25(41)16-12-17(26(30,31)32)14-18(13-16)27(33,34)35)19(10-15-5-7-20(28)21(29)11-15)6-8-23(39)37-22-4-2-3-9-36-24(22)40;10-7(17)4-1-5(8(11,12)13)3-6(2-4)9(14,15)16/h5-8,11-14,19,22H,2-4,9-10H2,1H3,(H,36,40)(H,37,39);1-3H/b8-6+;/t19-,22?;/m0./s1. The first-order valence-corrected chi connectivity index (χ1v) is 17.5. The number of carbonyl (C=O) groups excluding carboxylic acids is 4. The van der Waals surface area contributed by atoms with Gasteiger partial charge in [0.15, 0.2) is 0 Å². The molecule has 1 saturated heterocycles. The quantitative estimate of drug-likeness (QED) is 0.134. The molecule has 0 bridgehead atoms. The number of nitrogens with one attached hydrogen (secondary N) is 2. The normalized spacial score (nSPS) is 15.8. The van der Waals surface area contributed by atoms with Crippen LogP contribution in [0.25, 0.3) is 0 Å². The van der Waals surface area contributed by atoms with Crippen LogP contribution in [-0.4, -0.2) is 53.5 Å². The van der Waals surface area contributed by atoms with E-state index in [0.717, 1.165) is 17.4 Å².